The summed E-state index contributed by atoms with van der Waals surface area (Å²) in [6.07, 6.45) is 7.92. The minimum Gasteiger partial charge on any atom is -0.367 e. The molecule has 0 aliphatic carbocycles. The van der Waals surface area contributed by atoms with Gasteiger partial charge in [0.15, 0.2) is 0 Å². The van der Waals surface area contributed by atoms with Crippen molar-refractivity contribution in [1.29, 1.82) is 0 Å². The molecule has 24 heavy (non-hydrogen) atoms. The smallest absolute Gasteiger partial charge is 0.249 e. The van der Waals surface area contributed by atoms with Gasteiger partial charge in [-0.25, -0.2) is 8.78 Å². The molecule has 132 valence electrons. The van der Waals surface area contributed by atoms with Crippen LogP contribution >= 0.6 is 0 Å². The lowest BCUT2D eigenvalue weighted by atomic mass is 10.1. The molecule has 0 bridgehead atoms. The van der Waals surface area contributed by atoms with Crippen LogP contribution < -0.4 is 10.3 Å². The Morgan fingerprint density at radius 1 is 1.21 bits per heavy atom. The number of hydrogen-bond acceptors (Lipinski definition) is 3. The second-order valence-corrected chi connectivity index (χ2v) is 6.47. The highest BCUT2D eigenvalue weighted by Crippen LogP contribution is 2.25. The number of alkyl halides is 2. The van der Waals surface area contributed by atoms with Gasteiger partial charge < -0.3 is 5.32 Å². The molecule has 0 spiro atoms. The first kappa shape index (κ1) is 18.3. The number of allylic oxidation sites excluding steroid dienone is 3. The number of hydrazine groups is 1. The Balaban J connectivity index is 2.28. The third-order valence-corrected chi connectivity index (χ3v) is 3.95. The second kappa shape index (κ2) is 7.69. The zero-order valence-electron chi connectivity index (χ0n) is 14.9. The average molecular weight is 335 g/mol. The van der Waals surface area contributed by atoms with E-state index < -0.39 is 5.92 Å². The van der Waals surface area contributed by atoms with Gasteiger partial charge in [-0.3, -0.25) is 10.0 Å². The van der Waals surface area contributed by atoms with Crippen molar-refractivity contribution in [3.63, 3.8) is 0 Å². The van der Waals surface area contributed by atoms with Crippen molar-refractivity contribution in [3.8, 4) is 0 Å². The summed E-state index contributed by atoms with van der Waals surface area (Å²) in [4.78, 5) is 0. The van der Waals surface area contributed by atoms with Crippen molar-refractivity contribution in [3.05, 3.63) is 53.9 Å². The van der Waals surface area contributed by atoms with E-state index in [0.717, 1.165) is 31.1 Å². The molecule has 1 aliphatic rings. The van der Waals surface area contributed by atoms with Crippen LogP contribution in [0.3, 0.4) is 0 Å². The van der Waals surface area contributed by atoms with Crippen LogP contribution in [0.25, 0.3) is 0 Å². The van der Waals surface area contributed by atoms with E-state index in [2.05, 4.69) is 17.2 Å². The Morgan fingerprint density at radius 3 is 2.46 bits per heavy atom. The van der Waals surface area contributed by atoms with E-state index in [0.29, 0.717) is 5.56 Å². The van der Waals surface area contributed by atoms with E-state index in [4.69, 9.17) is 0 Å². The van der Waals surface area contributed by atoms with Gasteiger partial charge in [0.2, 0.25) is 5.92 Å². The van der Waals surface area contributed by atoms with E-state index >= 15 is 0 Å². The topological polar surface area (TPSA) is 18.5 Å². The Hall–Kier alpha value is -2.04. The summed E-state index contributed by atoms with van der Waals surface area (Å²) in [6, 6.07) is 7.40. The molecule has 1 N–H and O–H groups in total. The van der Waals surface area contributed by atoms with Crippen molar-refractivity contribution in [2.24, 2.45) is 0 Å². The summed E-state index contributed by atoms with van der Waals surface area (Å²) >= 11 is 0. The fourth-order valence-electron chi connectivity index (χ4n) is 2.93. The Morgan fingerprint density at radius 2 is 1.88 bits per heavy atom. The Labute approximate surface area is 143 Å². The molecule has 1 aromatic rings. The van der Waals surface area contributed by atoms with Gasteiger partial charge >= 0.3 is 0 Å². The molecule has 1 aromatic carbocycles. The number of benzene rings is 1. The third kappa shape index (κ3) is 4.98. The summed E-state index contributed by atoms with van der Waals surface area (Å²) < 4.78 is 26.4. The first-order chi connectivity index (χ1) is 11.3. The Bertz CT molecular complexity index is 588. The molecule has 5 heteroatoms. The fraction of sp³-hybridized carbons (Fsp3) is 0.474. The zero-order valence-corrected chi connectivity index (χ0v) is 14.9. The van der Waals surface area contributed by atoms with Gasteiger partial charge in [0.25, 0.3) is 0 Å². The molecule has 1 unspecified atom stereocenters. The van der Waals surface area contributed by atoms with E-state index in [-0.39, 0.29) is 12.6 Å². The zero-order chi connectivity index (χ0) is 17.7. The van der Waals surface area contributed by atoms with Crippen molar-refractivity contribution < 1.29 is 8.78 Å². The van der Waals surface area contributed by atoms with Crippen LogP contribution in [-0.2, 0) is 6.42 Å². The maximum atomic E-state index is 13.2. The molecular formula is C19H27F2N3. The number of hydrogen-bond donors (Lipinski definition) is 1. The highest BCUT2D eigenvalue weighted by Gasteiger charge is 2.24. The van der Waals surface area contributed by atoms with E-state index in [1.807, 2.05) is 49.5 Å². The molecular weight excluding hydrogens is 308 g/mol. The van der Waals surface area contributed by atoms with Gasteiger partial charge in [0, 0.05) is 25.4 Å². The van der Waals surface area contributed by atoms with Gasteiger partial charge in [-0.15, -0.1) is 0 Å². The summed E-state index contributed by atoms with van der Waals surface area (Å²) in [6.45, 7) is 5.15. The van der Waals surface area contributed by atoms with Crippen LogP contribution in [0.2, 0.25) is 0 Å². The molecule has 0 aromatic heterocycles. The van der Waals surface area contributed by atoms with Crippen LogP contribution in [0, 0.1) is 0 Å². The van der Waals surface area contributed by atoms with Crippen LogP contribution in [0.15, 0.2) is 48.3 Å². The van der Waals surface area contributed by atoms with E-state index in [9.17, 15) is 8.78 Å². The quantitative estimate of drug-likeness (QED) is 0.842. The van der Waals surface area contributed by atoms with Gasteiger partial charge in [-0.05, 0) is 50.1 Å². The summed E-state index contributed by atoms with van der Waals surface area (Å²) in [5.41, 5.74) is 2.73. The highest BCUT2D eigenvalue weighted by molar-refractivity contribution is 5.48. The Kier molecular flexibility index (Phi) is 5.86. The first-order valence-corrected chi connectivity index (χ1v) is 8.40. The third-order valence-electron chi connectivity index (χ3n) is 3.95. The number of nitrogens with zero attached hydrogens (tertiary/aromatic N) is 2. The van der Waals surface area contributed by atoms with Crippen LogP contribution in [0.4, 0.5) is 14.5 Å². The van der Waals surface area contributed by atoms with Crippen LogP contribution in [0.5, 0.6) is 0 Å². The maximum Gasteiger partial charge on any atom is 0.249 e. The molecule has 3 nitrogen and oxygen atoms in total. The number of anilines is 1. The van der Waals surface area contributed by atoms with E-state index in [1.165, 1.54) is 0 Å². The second-order valence-electron chi connectivity index (χ2n) is 6.47. The van der Waals surface area contributed by atoms with Crippen molar-refractivity contribution in [1.82, 2.24) is 10.3 Å². The van der Waals surface area contributed by atoms with Crippen LogP contribution in [0.1, 0.15) is 39.2 Å². The van der Waals surface area contributed by atoms with Gasteiger partial charge in [0.1, 0.15) is 6.17 Å². The van der Waals surface area contributed by atoms with Crippen molar-refractivity contribution in [2.75, 3.05) is 12.1 Å². The predicted molar refractivity (Wildman–Crippen MR) is 95.7 cm³/mol. The average Bonchev–Trinajstić information content (AvgIpc) is 2.46. The lowest BCUT2D eigenvalue weighted by Gasteiger charge is -2.41. The van der Waals surface area contributed by atoms with E-state index in [1.54, 1.807) is 12.1 Å². The molecule has 1 heterocycles. The molecule has 1 aliphatic heterocycles. The first-order valence-electron chi connectivity index (χ1n) is 8.40. The highest BCUT2D eigenvalue weighted by atomic mass is 19.3. The monoisotopic (exact) mass is 335 g/mol. The normalized spacial score (nSPS) is 22.2. The minimum absolute atomic E-state index is 0.111. The summed E-state index contributed by atoms with van der Waals surface area (Å²) in [7, 11) is 1.99. The lowest BCUT2D eigenvalue weighted by molar-refractivity contribution is 0.0226. The molecule has 2 rings (SSSR count). The lowest BCUT2D eigenvalue weighted by Crippen LogP contribution is -2.52. The van der Waals surface area contributed by atoms with Crippen LogP contribution in [-0.4, -0.2) is 24.1 Å². The molecule has 1 atom stereocenters. The summed E-state index contributed by atoms with van der Waals surface area (Å²) in [5.74, 6) is -2.68. The minimum atomic E-state index is -2.68. The molecule has 0 amide bonds. The molecule has 0 saturated heterocycles. The summed E-state index contributed by atoms with van der Waals surface area (Å²) in [5, 5.41) is 7.71. The number of halogens is 2. The fourth-order valence-corrected chi connectivity index (χ4v) is 2.93. The van der Waals surface area contributed by atoms with Gasteiger partial charge in [-0.2, -0.15) is 0 Å². The molecule has 0 saturated carbocycles. The van der Waals surface area contributed by atoms with Gasteiger partial charge in [-0.1, -0.05) is 25.5 Å². The molecule has 0 radical (unpaired) electrons. The SMILES string of the molecule is CCCC1N/C(C)=C/C=C\N(C)N1c1ccc(CC(C)(F)F)cc1. The predicted octanol–water partition coefficient (Wildman–Crippen LogP) is 4.68. The maximum absolute atomic E-state index is 13.2. The molecule has 0 fully saturated rings. The van der Waals surface area contributed by atoms with Crippen molar-refractivity contribution >= 4 is 5.69 Å². The van der Waals surface area contributed by atoms with Crippen molar-refractivity contribution in [2.45, 2.75) is 52.1 Å². The standard InChI is InChI=1S/C19H27F2N3/c1-5-7-18-22-15(2)8-6-13-23(4)24(18)17-11-9-16(10-12-17)14-19(3,20)21/h6,8-13,18,22H,5,7,14H2,1-4H3/b13-6-,15-8+. The van der Waals surface area contributed by atoms with Gasteiger partial charge in [0.05, 0.1) is 5.69 Å². The largest absolute Gasteiger partial charge is 0.367 e. The number of rotatable bonds is 5. The number of nitrogens with one attached hydrogen (secondary N) is 1.